The maximum Gasteiger partial charge on any atom is 0.271 e. The molecule has 5 aromatic carbocycles. The van der Waals surface area contributed by atoms with Gasteiger partial charge in [-0.2, -0.15) is 0 Å². The first-order valence-electron chi connectivity index (χ1n) is 17.3. The van der Waals surface area contributed by atoms with Crippen LogP contribution in [0.1, 0.15) is 40.3 Å². The summed E-state index contributed by atoms with van der Waals surface area (Å²) in [4.78, 5) is 20.8. The first-order chi connectivity index (χ1) is 25.1. The molecule has 0 spiro atoms. The first kappa shape index (κ1) is 31.0. The number of ether oxygens (including phenoxy) is 1. The van der Waals surface area contributed by atoms with Crippen LogP contribution in [0.5, 0.6) is 5.75 Å². The molecule has 248 valence electrons. The van der Waals surface area contributed by atoms with Gasteiger partial charge in [-0.15, -0.1) is 0 Å². The van der Waals surface area contributed by atoms with Crippen molar-refractivity contribution in [1.29, 1.82) is 0 Å². The minimum absolute atomic E-state index is 0.0414. The standard InChI is InChI=1S/C45H35N3O2S/c1-29-20-23-35(24-21-29)47-39(31-13-5-3-6-14-31)27-34(42(47)32-15-7-4-8-16-32)28-40-44(49)48-43(33-17-11-18-36(26-33)50-2)38-25-22-30-12-9-10-19-37(30)41(38)46-45(48)51-40/h3-21,23-24,26-28,43H,22,25H2,1-2H3/b40-28+/t43-/m1/s1. The van der Waals surface area contributed by atoms with Crippen molar-refractivity contribution in [3.8, 4) is 34.0 Å². The molecule has 0 N–H and O–H groups in total. The number of aryl methyl sites for hydroxylation is 2. The average Bonchev–Trinajstić information content (AvgIpc) is 3.71. The Morgan fingerprint density at radius 1 is 0.784 bits per heavy atom. The Balaban J connectivity index is 1.32. The largest absolute Gasteiger partial charge is 0.497 e. The van der Waals surface area contributed by atoms with Gasteiger partial charge < -0.3 is 9.30 Å². The molecule has 1 atom stereocenters. The van der Waals surface area contributed by atoms with Crippen LogP contribution in [0.2, 0.25) is 0 Å². The second kappa shape index (κ2) is 12.7. The minimum Gasteiger partial charge on any atom is -0.497 e. The van der Waals surface area contributed by atoms with E-state index in [9.17, 15) is 4.79 Å². The number of hydrogen-bond acceptors (Lipinski definition) is 4. The van der Waals surface area contributed by atoms with Crippen LogP contribution < -0.4 is 19.6 Å². The summed E-state index contributed by atoms with van der Waals surface area (Å²) < 4.78 is 10.5. The smallest absolute Gasteiger partial charge is 0.271 e. The lowest BCUT2D eigenvalue weighted by atomic mass is 9.83. The molecule has 0 amide bonds. The average molecular weight is 682 g/mol. The van der Waals surface area contributed by atoms with Crippen LogP contribution in [-0.2, 0) is 6.42 Å². The fourth-order valence-corrected chi connectivity index (χ4v) is 8.58. The van der Waals surface area contributed by atoms with Gasteiger partial charge in [0.05, 0.1) is 34.8 Å². The number of rotatable bonds is 6. The zero-order valence-corrected chi connectivity index (χ0v) is 29.2. The minimum atomic E-state index is -0.285. The van der Waals surface area contributed by atoms with Crippen molar-refractivity contribution in [2.75, 3.05) is 7.11 Å². The molecule has 0 bridgehead atoms. The monoisotopic (exact) mass is 681 g/mol. The van der Waals surface area contributed by atoms with Gasteiger partial charge in [0.1, 0.15) is 5.75 Å². The van der Waals surface area contributed by atoms with E-state index in [4.69, 9.17) is 9.73 Å². The van der Waals surface area contributed by atoms with E-state index in [0.717, 1.165) is 69.2 Å². The van der Waals surface area contributed by atoms with E-state index in [1.54, 1.807) is 7.11 Å². The highest BCUT2D eigenvalue weighted by Crippen LogP contribution is 2.42. The number of hydrogen-bond donors (Lipinski definition) is 0. The van der Waals surface area contributed by atoms with Crippen LogP contribution in [0.3, 0.4) is 0 Å². The highest BCUT2D eigenvalue weighted by Gasteiger charge is 2.33. The molecule has 1 aliphatic carbocycles. The molecule has 3 heterocycles. The van der Waals surface area contributed by atoms with Crippen LogP contribution in [-0.4, -0.2) is 16.2 Å². The molecule has 5 nitrogen and oxygen atoms in total. The lowest BCUT2D eigenvalue weighted by Gasteiger charge is -2.31. The Morgan fingerprint density at radius 2 is 1.51 bits per heavy atom. The van der Waals surface area contributed by atoms with E-state index in [0.29, 0.717) is 9.33 Å². The number of allylic oxidation sites excluding steroid dienone is 1. The summed E-state index contributed by atoms with van der Waals surface area (Å²) in [5.74, 6) is 0.767. The molecule has 51 heavy (non-hydrogen) atoms. The number of aromatic nitrogens is 2. The summed E-state index contributed by atoms with van der Waals surface area (Å²) in [6.45, 7) is 2.11. The summed E-state index contributed by atoms with van der Waals surface area (Å²) in [6.07, 6.45) is 3.81. The third-order valence-electron chi connectivity index (χ3n) is 10.0. The number of benzene rings is 5. The van der Waals surface area contributed by atoms with Gasteiger partial charge in [-0.3, -0.25) is 9.36 Å². The normalized spacial score (nSPS) is 15.2. The molecule has 2 aromatic heterocycles. The Kier molecular flexibility index (Phi) is 7.74. The third-order valence-corrected chi connectivity index (χ3v) is 11.0. The lowest BCUT2D eigenvalue weighted by Crippen LogP contribution is -2.38. The molecule has 7 aromatic rings. The number of fused-ring (bicyclic) bond motifs is 3. The molecule has 0 unspecified atom stereocenters. The maximum atomic E-state index is 14.8. The Hall–Kier alpha value is -5.98. The van der Waals surface area contributed by atoms with Crippen LogP contribution >= 0.6 is 11.3 Å². The zero-order chi connectivity index (χ0) is 34.5. The second-order valence-corrected chi connectivity index (χ2v) is 14.1. The molecule has 6 heteroatoms. The van der Waals surface area contributed by atoms with Crippen LogP contribution in [0, 0.1) is 6.92 Å². The van der Waals surface area contributed by atoms with Gasteiger partial charge in [0.15, 0.2) is 4.80 Å². The fraction of sp³-hybridized carbons (Fsp3) is 0.111. The summed E-state index contributed by atoms with van der Waals surface area (Å²) >= 11 is 1.46. The van der Waals surface area contributed by atoms with Gasteiger partial charge in [0, 0.05) is 16.8 Å². The first-order valence-corrected chi connectivity index (χ1v) is 18.1. The molecule has 1 aliphatic heterocycles. The van der Waals surface area contributed by atoms with E-state index in [1.165, 1.54) is 28.0 Å². The Morgan fingerprint density at radius 3 is 2.27 bits per heavy atom. The van der Waals surface area contributed by atoms with Crippen molar-refractivity contribution >= 4 is 23.1 Å². The zero-order valence-electron chi connectivity index (χ0n) is 28.4. The van der Waals surface area contributed by atoms with Gasteiger partial charge in [-0.1, -0.05) is 126 Å². The van der Waals surface area contributed by atoms with Crippen LogP contribution in [0.4, 0.5) is 0 Å². The van der Waals surface area contributed by atoms with E-state index < -0.39 is 0 Å². The van der Waals surface area contributed by atoms with Gasteiger partial charge in [-0.25, -0.2) is 4.99 Å². The van der Waals surface area contributed by atoms with Crippen molar-refractivity contribution in [1.82, 2.24) is 9.13 Å². The highest BCUT2D eigenvalue weighted by atomic mass is 32.1. The van der Waals surface area contributed by atoms with E-state index >= 15 is 0 Å². The van der Waals surface area contributed by atoms with Crippen molar-refractivity contribution in [2.45, 2.75) is 25.8 Å². The topological polar surface area (TPSA) is 48.5 Å². The quantitative estimate of drug-likeness (QED) is 0.176. The maximum absolute atomic E-state index is 14.8. The number of thiazole rings is 1. The van der Waals surface area contributed by atoms with E-state index in [-0.39, 0.29) is 11.6 Å². The predicted octanol–water partition coefficient (Wildman–Crippen LogP) is 8.76. The number of methoxy groups -OCH3 is 1. The predicted molar refractivity (Wildman–Crippen MR) is 207 cm³/mol. The highest BCUT2D eigenvalue weighted by molar-refractivity contribution is 7.07. The summed E-state index contributed by atoms with van der Waals surface area (Å²) in [6, 6.07) is 48.1. The third kappa shape index (κ3) is 5.40. The van der Waals surface area contributed by atoms with Crippen molar-refractivity contribution in [3.63, 3.8) is 0 Å². The molecule has 0 saturated carbocycles. The molecule has 0 radical (unpaired) electrons. The number of nitrogens with zero attached hydrogens (tertiary/aromatic N) is 3. The Bertz CT molecular complexity index is 2650. The molecule has 0 saturated heterocycles. The summed E-state index contributed by atoms with van der Waals surface area (Å²) in [5.41, 5.74) is 13.1. The fourth-order valence-electron chi connectivity index (χ4n) is 7.59. The molecule has 9 rings (SSSR count). The van der Waals surface area contributed by atoms with Crippen molar-refractivity contribution in [3.05, 3.63) is 193 Å². The van der Waals surface area contributed by atoms with E-state index in [1.807, 2.05) is 28.8 Å². The molecule has 2 aliphatic rings. The van der Waals surface area contributed by atoms with Crippen molar-refractivity contribution < 1.29 is 4.74 Å². The molecule has 0 fully saturated rings. The summed E-state index contributed by atoms with van der Waals surface area (Å²) in [7, 11) is 1.68. The van der Waals surface area contributed by atoms with Crippen molar-refractivity contribution in [2.24, 2.45) is 4.99 Å². The Labute approximate surface area is 300 Å². The lowest BCUT2D eigenvalue weighted by molar-refractivity contribution is 0.413. The molecular formula is C45H35N3O2S. The SMILES string of the molecule is COc1cccc([C@@H]2C3=C(N=c4s/c(=C/c5cc(-c6ccccc6)n(-c6ccc(C)cc6)c5-c5ccccc5)c(=O)n42)c2ccccc2CC3)c1. The van der Waals surface area contributed by atoms with E-state index in [2.05, 4.69) is 133 Å². The summed E-state index contributed by atoms with van der Waals surface area (Å²) in [5, 5.41) is 0. The second-order valence-electron chi connectivity index (χ2n) is 13.1. The van der Waals surface area contributed by atoms with Gasteiger partial charge in [-0.05, 0) is 84.0 Å². The van der Waals surface area contributed by atoms with Gasteiger partial charge in [0.2, 0.25) is 0 Å². The van der Waals surface area contributed by atoms with Crippen LogP contribution in [0.15, 0.2) is 155 Å². The molecular weight excluding hydrogens is 647 g/mol. The van der Waals surface area contributed by atoms with Gasteiger partial charge >= 0.3 is 0 Å². The van der Waals surface area contributed by atoms with Gasteiger partial charge in [0.25, 0.3) is 5.56 Å². The van der Waals surface area contributed by atoms with Crippen LogP contribution in [0.25, 0.3) is 40.0 Å².